The highest BCUT2D eigenvalue weighted by molar-refractivity contribution is 6.08. The molecule has 1 aliphatic heterocycles. The van der Waals surface area contributed by atoms with E-state index >= 15 is 0 Å². The monoisotopic (exact) mass is 498 g/mol. The van der Waals surface area contributed by atoms with E-state index in [1.54, 1.807) is 4.90 Å². The molecule has 0 aromatic heterocycles. The molecule has 1 aliphatic carbocycles. The van der Waals surface area contributed by atoms with Crippen molar-refractivity contribution in [3.05, 3.63) is 58.7 Å². The largest absolute Gasteiger partial charge is 0.416 e. The zero-order valence-corrected chi connectivity index (χ0v) is 19.1. The van der Waals surface area contributed by atoms with Gasteiger partial charge in [-0.1, -0.05) is 31.0 Å². The minimum Gasteiger partial charge on any atom is -0.326 e. The van der Waals surface area contributed by atoms with Crippen molar-refractivity contribution >= 4 is 23.2 Å². The second-order valence-corrected chi connectivity index (χ2v) is 9.37. The van der Waals surface area contributed by atoms with Crippen LogP contribution in [0, 0.1) is 25.2 Å². The summed E-state index contributed by atoms with van der Waals surface area (Å²) in [5, 5.41) is 2.30. The van der Waals surface area contributed by atoms with Crippen LogP contribution < -0.4 is 10.2 Å². The molecule has 0 spiro atoms. The Morgan fingerprint density at radius 2 is 1.54 bits per heavy atom. The maximum Gasteiger partial charge on any atom is 0.416 e. The predicted octanol–water partition coefficient (Wildman–Crippen LogP) is 6.50. The van der Waals surface area contributed by atoms with E-state index in [-0.39, 0.29) is 18.5 Å². The molecule has 4 rings (SSSR count). The highest BCUT2D eigenvalue weighted by atomic mass is 19.4. The number of anilines is 2. The minimum absolute atomic E-state index is 0.0130. The van der Waals surface area contributed by atoms with Crippen LogP contribution in [0.25, 0.3) is 0 Å². The third-order valence-electron chi connectivity index (χ3n) is 7.04. The van der Waals surface area contributed by atoms with Gasteiger partial charge in [0.05, 0.1) is 22.5 Å². The van der Waals surface area contributed by atoms with Gasteiger partial charge in [-0.25, -0.2) is 0 Å². The lowest BCUT2D eigenvalue weighted by Gasteiger charge is -2.35. The SMILES string of the molecule is Cc1cccc(C)c1N1CC2(C(=O)Nc3cc(C(F)(F)F)cc(C(F)(F)F)c3)CCCCC2C1=O. The first-order valence-electron chi connectivity index (χ1n) is 11.2. The average Bonchev–Trinajstić information content (AvgIpc) is 3.06. The summed E-state index contributed by atoms with van der Waals surface area (Å²) < 4.78 is 79.7. The number of hydrogen-bond acceptors (Lipinski definition) is 2. The maximum atomic E-state index is 13.5. The fourth-order valence-electron chi connectivity index (χ4n) is 5.38. The van der Waals surface area contributed by atoms with E-state index < -0.39 is 46.4 Å². The Bertz CT molecular complexity index is 1120. The van der Waals surface area contributed by atoms with E-state index in [1.165, 1.54) is 0 Å². The Morgan fingerprint density at radius 3 is 2.09 bits per heavy atom. The van der Waals surface area contributed by atoms with Crippen LogP contribution in [0.15, 0.2) is 36.4 Å². The smallest absolute Gasteiger partial charge is 0.326 e. The number of alkyl halides is 6. The molecule has 1 saturated carbocycles. The molecule has 0 radical (unpaired) electrons. The molecule has 2 atom stereocenters. The standard InChI is InChI=1S/C25H24F6N2O2/c1-14-6-5-7-15(2)20(14)33-13-23(9-4-3-8-19(23)21(33)34)22(35)32-18-11-16(24(26,27)28)10-17(12-18)25(29,30)31/h5-7,10-12,19H,3-4,8-9,13H2,1-2H3,(H,32,35). The Hall–Kier alpha value is -3.04. The highest BCUT2D eigenvalue weighted by Crippen LogP contribution is 2.50. The van der Waals surface area contributed by atoms with Crippen molar-refractivity contribution < 1.29 is 35.9 Å². The number of para-hydroxylation sites is 1. The predicted molar refractivity (Wildman–Crippen MR) is 118 cm³/mol. The van der Waals surface area contributed by atoms with E-state index in [1.807, 2.05) is 32.0 Å². The van der Waals surface area contributed by atoms with Gasteiger partial charge in [-0.2, -0.15) is 26.3 Å². The number of carbonyl (C=O) groups is 2. The van der Waals surface area contributed by atoms with Crippen molar-refractivity contribution in [1.29, 1.82) is 0 Å². The summed E-state index contributed by atoms with van der Waals surface area (Å²) in [4.78, 5) is 28.5. The lowest BCUT2D eigenvalue weighted by atomic mass is 9.67. The Morgan fingerprint density at radius 1 is 0.971 bits per heavy atom. The van der Waals surface area contributed by atoms with Gasteiger partial charge in [0.1, 0.15) is 0 Å². The first-order chi connectivity index (χ1) is 16.2. The molecular weight excluding hydrogens is 474 g/mol. The number of aryl methyl sites for hydroxylation is 2. The quantitative estimate of drug-likeness (QED) is 0.491. The van der Waals surface area contributed by atoms with Crippen molar-refractivity contribution in [1.82, 2.24) is 0 Å². The van der Waals surface area contributed by atoms with Crippen molar-refractivity contribution in [3.63, 3.8) is 0 Å². The van der Waals surface area contributed by atoms with Gasteiger partial charge in [-0.3, -0.25) is 9.59 Å². The summed E-state index contributed by atoms with van der Waals surface area (Å²) in [6, 6.07) is 6.51. The first-order valence-corrected chi connectivity index (χ1v) is 11.2. The van der Waals surface area contributed by atoms with Crippen molar-refractivity contribution in [3.8, 4) is 0 Å². The molecular formula is C25H24F6N2O2. The van der Waals surface area contributed by atoms with E-state index in [0.29, 0.717) is 43.5 Å². The number of hydrogen-bond donors (Lipinski definition) is 1. The van der Waals surface area contributed by atoms with E-state index in [4.69, 9.17) is 0 Å². The summed E-state index contributed by atoms with van der Waals surface area (Å²) in [5.74, 6) is -1.70. The molecule has 2 aromatic rings. The Balaban J connectivity index is 1.72. The summed E-state index contributed by atoms with van der Waals surface area (Å²) in [5.41, 5.74) is -2.54. The van der Waals surface area contributed by atoms with Gasteiger partial charge in [0.25, 0.3) is 0 Å². The van der Waals surface area contributed by atoms with Crippen LogP contribution in [-0.2, 0) is 21.9 Å². The summed E-state index contributed by atoms with van der Waals surface area (Å²) >= 11 is 0. The third kappa shape index (κ3) is 4.50. The second-order valence-electron chi connectivity index (χ2n) is 9.37. The van der Waals surface area contributed by atoms with E-state index in [9.17, 15) is 35.9 Å². The lowest BCUT2D eigenvalue weighted by Crippen LogP contribution is -2.45. The van der Waals surface area contributed by atoms with Crippen molar-refractivity contribution in [2.75, 3.05) is 16.8 Å². The van der Waals surface area contributed by atoms with Gasteiger partial charge in [-0.15, -0.1) is 0 Å². The fraction of sp³-hybridized carbons (Fsp3) is 0.440. The number of nitrogens with zero attached hydrogens (tertiary/aromatic N) is 1. The van der Waals surface area contributed by atoms with Crippen LogP contribution in [-0.4, -0.2) is 18.4 Å². The molecule has 35 heavy (non-hydrogen) atoms. The fourth-order valence-corrected chi connectivity index (χ4v) is 5.38. The molecule has 2 aromatic carbocycles. The van der Waals surface area contributed by atoms with Crippen LogP contribution >= 0.6 is 0 Å². The number of carbonyl (C=O) groups excluding carboxylic acids is 2. The maximum absolute atomic E-state index is 13.5. The molecule has 1 N–H and O–H groups in total. The van der Waals surface area contributed by atoms with Gasteiger partial charge in [0, 0.05) is 17.9 Å². The topological polar surface area (TPSA) is 49.4 Å². The zero-order valence-electron chi connectivity index (χ0n) is 19.1. The van der Waals surface area contributed by atoms with Crippen LogP contribution in [0.5, 0.6) is 0 Å². The number of amides is 2. The number of rotatable bonds is 3. The highest BCUT2D eigenvalue weighted by Gasteiger charge is 2.58. The van der Waals surface area contributed by atoms with Gasteiger partial charge in [0.15, 0.2) is 0 Å². The molecule has 2 unspecified atom stereocenters. The normalized spacial score (nSPS) is 22.8. The summed E-state index contributed by atoms with van der Waals surface area (Å²) in [7, 11) is 0. The van der Waals surface area contributed by atoms with Crippen LogP contribution in [0.2, 0.25) is 0 Å². The number of benzene rings is 2. The molecule has 10 heteroatoms. The number of fused-ring (bicyclic) bond motifs is 1. The lowest BCUT2D eigenvalue weighted by molar-refractivity contribution is -0.143. The van der Waals surface area contributed by atoms with Gasteiger partial charge in [0.2, 0.25) is 11.8 Å². The number of nitrogens with one attached hydrogen (secondary N) is 1. The third-order valence-corrected chi connectivity index (χ3v) is 7.04. The molecule has 4 nitrogen and oxygen atoms in total. The van der Waals surface area contributed by atoms with Crippen molar-refractivity contribution in [2.45, 2.75) is 51.9 Å². The first kappa shape index (κ1) is 25.1. The Kier molecular flexibility index (Phi) is 6.13. The van der Waals surface area contributed by atoms with Crippen molar-refractivity contribution in [2.24, 2.45) is 11.3 Å². The molecule has 2 fully saturated rings. The van der Waals surface area contributed by atoms with Gasteiger partial charge >= 0.3 is 12.4 Å². The zero-order chi connectivity index (χ0) is 25.8. The second kappa shape index (κ2) is 8.57. The average molecular weight is 498 g/mol. The van der Waals surface area contributed by atoms with Crippen LogP contribution in [0.3, 0.4) is 0 Å². The van der Waals surface area contributed by atoms with E-state index in [0.717, 1.165) is 11.1 Å². The minimum atomic E-state index is -5.03. The molecule has 2 amide bonds. The molecule has 1 saturated heterocycles. The van der Waals surface area contributed by atoms with Crippen LogP contribution in [0.1, 0.15) is 47.9 Å². The summed E-state index contributed by atoms with van der Waals surface area (Å²) in [6.07, 6.45) is -8.02. The Labute approximate surface area is 198 Å². The van der Waals surface area contributed by atoms with Crippen LogP contribution in [0.4, 0.5) is 37.7 Å². The van der Waals surface area contributed by atoms with Gasteiger partial charge < -0.3 is 10.2 Å². The molecule has 1 heterocycles. The van der Waals surface area contributed by atoms with E-state index in [2.05, 4.69) is 5.32 Å². The van der Waals surface area contributed by atoms with Gasteiger partial charge in [-0.05, 0) is 56.0 Å². The molecule has 0 bridgehead atoms. The molecule has 188 valence electrons. The number of halogens is 6. The molecule has 2 aliphatic rings. The summed E-state index contributed by atoms with van der Waals surface area (Å²) in [6.45, 7) is 3.69.